The number of hydrogen-bond donors (Lipinski definition) is 2. The number of rotatable bonds is 7. The molecule has 1 aromatic carbocycles. The van der Waals surface area contributed by atoms with Crippen LogP contribution in [0.15, 0.2) is 24.3 Å². The summed E-state index contributed by atoms with van der Waals surface area (Å²) in [5.74, 6) is 1.32. The van der Waals surface area contributed by atoms with Crippen molar-refractivity contribution in [3.8, 4) is 5.75 Å². The van der Waals surface area contributed by atoms with Crippen LogP contribution in [0, 0.1) is 11.3 Å². The highest BCUT2D eigenvalue weighted by Gasteiger charge is 2.44. The monoisotopic (exact) mass is 276 g/mol. The fourth-order valence-electron chi connectivity index (χ4n) is 2.49. The van der Waals surface area contributed by atoms with Gasteiger partial charge in [-0.05, 0) is 36.3 Å². The van der Waals surface area contributed by atoms with Gasteiger partial charge in [-0.25, -0.2) is 0 Å². The largest absolute Gasteiger partial charge is 0.495 e. The number of benzene rings is 1. The zero-order chi connectivity index (χ0) is 14.6. The first-order valence-electron chi connectivity index (χ1n) is 7.21. The van der Waals surface area contributed by atoms with E-state index in [-0.39, 0.29) is 5.91 Å². The molecule has 1 saturated carbocycles. The zero-order valence-corrected chi connectivity index (χ0v) is 12.5. The van der Waals surface area contributed by atoms with Gasteiger partial charge in [-0.3, -0.25) is 4.79 Å². The molecule has 1 aromatic rings. The minimum Gasteiger partial charge on any atom is -0.495 e. The van der Waals surface area contributed by atoms with Crippen molar-refractivity contribution >= 4 is 11.6 Å². The summed E-state index contributed by atoms with van der Waals surface area (Å²) in [4.78, 5) is 11.9. The second-order valence-electron chi connectivity index (χ2n) is 5.87. The average molecular weight is 276 g/mol. The summed E-state index contributed by atoms with van der Waals surface area (Å²) in [6.07, 6.45) is 2.54. The number of amides is 1. The summed E-state index contributed by atoms with van der Waals surface area (Å²) in [5, 5.41) is 6.15. The molecule has 1 fully saturated rings. The molecular formula is C16H24N2O2. The molecular weight excluding hydrogens is 252 g/mol. The van der Waals surface area contributed by atoms with Crippen molar-refractivity contribution in [2.45, 2.75) is 26.7 Å². The minimum absolute atomic E-state index is 0.0333. The first-order chi connectivity index (χ1) is 9.57. The van der Waals surface area contributed by atoms with Gasteiger partial charge in [0.05, 0.1) is 19.3 Å². The minimum atomic E-state index is -0.0333. The van der Waals surface area contributed by atoms with Crippen LogP contribution in [0.5, 0.6) is 5.75 Å². The van der Waals surface area contributed by atoms with E-state index in [9.17, 15) is 4.79 Å². The number of methoxy groups -OCH3 is 1. The molecule has 2 N–H and O–H groups in total. The number of ether oxygens (including phenoxy) is 1. The Hall–Kier alpha value is -1.55. The van der Waals surface area contributed by atoms with E-state index in [1.165, 1.54) is 12.8 Å². The van der Waals surface area contributed by atoms with Gasteiger partial charge in [0.25, 0.3) is 0 Å². The summed E-state index contributed by atoms with van der Waals surface area (Å²) in [6.45, 7) is 5.77. The maximum absolute atomic E-state index is 11.9. The van der Waals surface area contributed by atoms with Crippen molar-refractivity contribution in [1.82, 2.24) is 5.32 Å². The van der Waals surface area contributed by atoms with Crippen LogP contribution in [0.25, 0.3) is 0 Å². The van der Waals surface area contributed by atoms with Gasteiger partial charge in [-0.2, -0.15) is 0 Å². The first kappa shape index (κ1) is 14.9. The fraction of sp³-hybridized carbons (Fsp3) is 0.562. The molecule has 0 aromatic heterocycles. The molecule has 1 aliphatic carbocycles. The lowest BCUT2D eigenvalue weighted by molar-refractivity contribution is -0.115. The summed E-state index contributed by atoms with van der Waals surface area (Å²) < 4.78 is 5.21. The summed E-state index contributed by atoms with van der Waals surface area (Å²) in [5.41, 5.74) is 1.14. The Balaban J connectivity index is 1.78. The molecule has 0 radical (unpaired) electrons. The Morgan fingerprint density at radius 3 is 2.65 bits per heavy atom. The molecule has 2 rings (SSSR count). The molecule has 20 heavy (non-hydrogen) atoms. The second-order valence-corrected chi connectivity index (χ2v) is 5.87. The highest BCUT2D eigenvalue weighted by Crippen LogP contribution is 2.51. The van der Waals surface area contributed by atoms with Crippen molar-refractivity contribution in [2.75, 3.05) is 25.5 Å². The third-order valence-corrected chi connectivity index (χ3v) is 4.26. The highest BCUT2D eigenvalue weighted by atomic mass is 16.5. The lowest BCUT2D eigenvalue weighted by atomic mass is 9.92. The number of para-hydroxylation sites is 2. The number of hydrogen-bond acceptors (Lipinski definition) is 3. The number of nitrogens with one attached hydrogen (secondary N) is 2. The van der Waals surface area contributed by atoms with E-state index in [4.69, 9.17) is 4.74 Å². The van der Waals surface area contributed by atoms with E-state index in [0.717, 1.165) is 6.54 Å². The van der Waals surface area contributed by atoms with Crippen LogP contribution in [0.2, 0.25) is 0 Å². The first-order valence-corrected chi connectivity index (χ1v) is 7.21. The Morgan fingerprint density at radius 2 is 2.05 bits per heavy atom. The van der Waals surface area contributed by atoms with Crippen LogP contribution >= 0.6 is 0 Å². The van der Waals surface area contributed by atoms with Gasteiger partial charge in [0.15, 0.2) is 0 Å². The number of carbonyl (C=O) groups is 1. The van der Waals surface area contributed by atoms with E-state index >= 15 is 0 Å². The van der Waals surface area contributed by atoms with Crippen LogP contribution in [-0.2, 0) is 4.79 Å². The van der Waals surface area contributed by atoms with Gasteiger partial charge in [-0.1, -0.05) is 26.0 Å². The van der Waals surface area contributed by atoms with E-state index in [1.54, 1.807) is 7.11 Å². The molecule has 1 aliphatic rings. The molecule has 4 nitrogen and oxygen atoms in total. The van der Waals surface area contributed by atoms with E-state index in [2.05, 4.69) is 24.5 Å². The van der Waals surface area contributed by atoms with Gasteiger partial charge < -0.3 is 15.4 Å². The average Bonchev–Trinajstić information content (AvgIpc) is 3.20. The molecule has 1 amide bonds. The molecule has 0 atom stereocenters. The third-order valence-electron chi connectivity index (χ3n) is 4.26. The van der Waals surface area contributed by atoms with Gasteiger partial charge in [-0.15, -0.1) is 0 Å². The summed E-state index contributed by atoms with van der Waals surface area (Å²) in [7, 11) is 1.60. The van der Waals surface area contributed by atoms with Crippen LogP contribution in [0.3, 0.4) is 0 Å². The molecule has 0 bridgehead atoms. The molecule has 0 spiro atoms. The molecule has 110 valence electrons. The van der Waals surface area contributed by atoms with Crippen molar-refractivity contribution in [3.63, 3.8) is 0 Å². The lowest BCUT2D eigenvalue weighted by Crippen LogP contribution is -2.34. The lowest BCUT2D eigenvalue weighted by Gasteiger charge is -2.20. The SMILES string of the molecule is COc1ccccc1NC(=O)CNCC1(C(C)C)CC1. The standard InChI is InChI=1S/C16H24N2O2/c1-12(2)16(8-9-16)11-17-10-15(19)18-13-6-4-5-7-14(13)20-3/h4-7,12,17H,8-11H2,1-3H3,(H,18,19). The highest BCUT2D eigenvalue weighted by molar-refractivity contribution is 5.93. The van der Waals surface area contributed by atoms with Crippen molar-refractivity contribution in [3.05, 3.63) is 24.3 Å². The Morgan fingerprint density at radius 1 is 1.35 bits per heavy atom. The molecule has 0 aliphatic heterocycles. The molecule has 0 heterocycles. The maximum Gasteiger partial charge on any atom is 0.238 e. The number of carbonyl (C=O) groups excluding carboxylic acids is 1. The maximum atomic E-state index is 11.9. The van der Waals surface area contributed by atoms with E-state index < -0.39 is 0 Å². The predicted molar refractivity (Wildman–Crippen MR) is 81.0 cm³/mol. The normalized spacial score (nSPS) is 16.0. The summed E-state index contributed by atoms with van der Waals surface area (Å²) in [6, 6.07) is 7.43. The Labute approximate surface area is 120 Å². The quantitative estimate of drug-likeness (QED) is 0.805. The smallest absolute Gasteiger partial charge is 0.238 e. The zero-order valence-electron chi connectivity index (χ0n) is 12.5. The second kappa shape index (κ2) is 6.27. The van der Waals surface area contributed by atoms with E-state index in [0.29, 0.717) is 29.3 Å². The van der Waals surface area contributed by atoms with Crippen molar-refractivity contribution < 1.29 is 9.53 Å². The van der Waals surface area contributed by atoms with Crippen LogP contribution in [-0.4, -0.2) is 26.1 Å². The van der Waals surface area contributed by atoms with Crippen LogP contribution in [0.1, 0.15) is 26.7 Å². The third kappa shape index (κ3) is 3.51. The van der Waals surface area contributed by atoms with Crippen LogP contribution < -0.4 is 15.4 Å². The number of anilines is 1. The predicted octanol–water partition coefficient (Wildman–Crippen LogP) is 2.66. The van der Waals surface area contributed by atoms with Gasteiger partial charge in [0.1, 0.15) is 5.75 Å². The molecule has 4 heteroatoms. The summed E-state index contributed by atoms with van der Waals surface area (Å²) >= 11 is 0. The van der Waals surface area contributed by atoms with Gasteiger partial charge >= 0.3 is 0 Å². The fourth-order valence-corrected chi connectivity index (χ4v) is 2.49. The van der Waals surface area contributed by atoms with Crippen LogP contribution in [0.4, 0.5) is 5.69 Å². The van der Waals surface area contributed by atoms with Crippen molar-refractivity contribution in [2.24, 2.45) is 11.3 Å². The van der Waals surface area contributed by atoms with E-state index in [1.807, 2.05) is 24.3 Å². The Bertz CT molecular complexity index is 467. The molecule has 0 saturated heterocycles. The van der Waals surface area contributed by atoms with Gasteiger partial charge in [0.2, 0.25) is 5.91 Å². The topological polar surface area (TPSA) is 50.4 Å². The molecule has 0 unspecified atom stereocenters. The Kier molecular flexibility index (Phi) is 4.65. The van der Waals surface area contributed by atoms with Gasteiger partial charge in [0, 0.05) is 6.54 Å². The van der Waals surface area contributed by atoms with Crippen molar-refractivity contribution in [1.29, 1.82) is 0 Å².